The highest BCUT2D eigenvalue weighted by Gasteiger charge is 2.30. The van der Waals surface area contributed by atoms with E-state index in [4.69, 9.17) is 0 Å². The molecule has 0 fully saturated rings. The Morgan fingerprint density at radius 2 is 1.70 bits per heavy atom. The lowest BCUT2D eigenvalue weighted by molar-refractivity contribution is -0.128. The number of fused-ring (bicyclic) bond motifs is 1. The van der Waals surface area contributed by atoms with Gasteiger partial charge in [-0.3, -0.25) is 0 Å². The fourth-order valence-electron chi connectivity index (χ4n) is 3.13. The average Bonchev–Trinajstić information content (AvgIpc) is 3.25. The van der Waals surface area contributed by atoms with Gasteiger partial charge in [-0.25, -0.2) is 27.7 Å². The molecule has 0 bridgehead atoms. The van der Waals surface area contributed by atoms with Crippen molar-refractivity contribution in [2.75, 3.05) is 0 Å². The zero-order valence-electron chi connectivity index (χ0n) is 15.1. The van der Waals surface area contributed by atoms with Gasteiger partial charge in [-0.15, -0.1) is 0 Å². The number of imidazole rings is 2. The topological polar surface area (TPSA) is 48.0 Å². The second-order valence-electron chi connectivity index (χ2n) is 6.52. The predicted molar refractivity (Wildman–Crippen MR) is 95.4 cm³/mol. The van der Waals surface area contributed by atoms with Gasteiger partial charge in [-0.1, -0.05) is 0 Å². The highest BCUT2D eigenvalue weighted by atomic mass is 19.4. The van der Waals surface area contributed by atoms with E-state index in [1.54, 1.807) is 0 Å². The summed E-state index contributed by atoms with van der Waals surface area (Å²) in [4.78, 5) is 8.06. The van der Waals surface area contributed by atoms with Crippen molar-refractivity contribution in [1.29, 1.82) is 0 Å². The summed E-state index contributed by atoms with van der Waals surface area (Å²) in [7, 11) is 0. The number of halogens is 6. The first-order chi connectivity index (χ1) is 14.2. The smallest absolute Gasteiger partial charge is 0.323 e. The minimum atomic E-state index is -4.47. The second-order valence-corrected chi connectivity index (χ2v) is 6.52. The van der Waals surface area contributed by atoms with E-state index < -0.39 is 31.4 Å². The van der Waals surface area contributed by atoms with Crippen molar-refractivity contribution in [1.82, 2.24) is 24.1 Å². The first kappa shape index (κ1) is 19.9. The van der Waals surface area contributed by atoms with Crippen LogP contribution < -0.4 is 0 Å². The lowest BCUT2D eigenvalue weighted by Crippen LogP contribution is -2.14. The Morgan fingerprint density at radius 1 is 0.967 bits per heavy atom. The van der Waals surface area contributed by atoms with Gasteiger partial charge < -0.3 is 4.57 Å². The molecule has 0 atom stereocenters. The lowest BCUT2D eigenvalue weighted by atomic mass is 10.1. The Labute approximate surface area is 165 Å². The first-order valence-corrected chi connectivity index (χ1v) is 8.71. The van der Waals surface area contributed by atoms with Gasteiger partial charge >= 0.3 is 6.18 Å². The van der Waals surface area contributed by atoms with Gasteiger partial charge in [-0.2, -0.15) is 18.3 Å². The fraction of sp³-hybridized carbons (Fsp3) is 0.211. The van der Waals surface area contributed by atoms with Crippen LogP contribution in [0.5, 0.6) is 0 Å². The summed E-state index contributed by atoms with van der Waals surface area (Å²) >= 11 is 0. The summed E-state index contributed by atoms with van der Waals surface area (Å²) in [5, 5.41) is 4.21. The molecule has 0 aliphatic carbocycles. The van der Waals surface area contributed by atoms with E-state index in [2.05, 4.69) is 15.1 Å². The van der Waals surface area contributed by atoms with Gasteiger partial charge in [0.05, 0.1) is 42.6 Å². The molecular formula is C19H13F6N5. The molecule has 0 aliphatic rings. The third kappa shape index (κ3) is 4.00. The van der Waals surface area contributed by atoms with Gasteiger partial charge in [0, 0.05) is 5.56 Å². The molecular weight excluding hydrogens is 412 g/mol. The van der Waals surface area contributed by atoms with Crippen LogP contribution in [0.3, 0.4) is 0 Å². The Hall–Kier alpha value is -3.37. The standard InChI is InChI=1S/C19H13F6N5/c20-12-3-1-11(2-4-12)17-18(29(10-27-17)9-15(21)22)14-5-6-16-26-8-13(30(16)28-14)7-19(23,24)25/h1-6,8,10,15H,7,9H2. The molecule has 0 saturated heterocycles. The zero-order valence-corrected chi connectivity index (χ0v) is 15.1. The van der Waals surface area contributed by atoms with E-state index in [1.807, 2.05) is 0 Å². The summed E-state index contributed by atoms with van der Waals surface area (Å²) in [6, 6.07) is 8.15. The first-order valence-electron chi connectivity index (χ1n) is 8.71. The minimum absolute atomic E-state index is 0.126. The van der Waals surface area contributed by atoms with Gasteiger partial charge in [0.25, 0.3) is 6.43 Å². The molecule has 5 nitrogen and oxygen atoms in total. The second kappa shape index (κ2) is 7.47. The summed E-state index contributed by atoms with van der Waals surface area (Å²) in [6.45, 7) is -0.692. The minimum Gasteiger partial charge on any atom is -0.323 e. The number of rotatable bonds is 5. The van der Waals surface area contributed by atoms with Crippen molar-refractivity contribution in [2.45, 2.75) is 25.6 Å². The monoisotopic (exact) mass is 425 g/mol. The van der Waals surface area contributed by atoms with Crippen molar-refractivity contribution >= 4 is 5.65 Å². The molecule has 1 aromatic carbocycles. The van der Waals surface area contributed by atoms with Crippen LogP contribution in [-0.2, 0) is 13.0 Å². The third-order valence-electron chi connectivity index (χ3n) is 4.35. The fourth-order valence-corrected chi connectivity index (χ4v) is 3.13. The number of aromatic nitrogens is 5. The van der Waals surface area contributed by atoms with Crippen LogP contribution in [0.2, 0.25) is 0 Å². The van der Waals surface area contributed by atoms with E-state index in [1.165, 1.54) is 42.7 Å². The molecule has 30 heavy (non-hydrogen) atoms. The molecule has 4 rings (SSSR count). The summed E-state index contributed by atoms with van der Waals surface area (Å²) in [5.74, 6) is -0.484. The maximum absolute atomic E-state index is 13.3. The van der Waals surface area contributed by atoms with Crippen LogP contribution in [0, 0.1) is 5.82 Å². The highest BCUT2D eigenvalue weighted by Crippen LogP contribution is 2.31. The summed E-state index contributed by atoms with van der Waals surface area (Å²) in [5.41, 5.74) is 0.989. The molecule has 156 valence electrons. The van der Waals surface area contributed by atoms with Crippen molar-refractivity contribution in [3.05, 3.63) is 60.4 Å². The molecule has 0 unspecified atom stereocenters. The van der Waals surface area contributed by atoms with Crippen LogP contribution in [0.1, 0.15) is 5.69 Å². The van der Waals surface area contributed by atoms with Crippen LogP contribution in [0.25, 0.3) is 28.3 Å². The van der Waals surface area contributed by atoms with Crippen molar-refractivity contribution in [3.8, 4) is 22.6 Å². The molecule has 3 heterocycles. The average molecular weight is 425 g/mol. The largest absolute Gasteiger partial charge is 0.394 e. The lowest BCUT2D eigenvalue weighted by Gasteiger charge is -2.11. The van der Waals surface area contributed by atoms with Crippen LogP contribution >= 0.6 is 0 Å². The Morgan fingerprint density at radius 3 is 2.37 bits per heavy atom. The van der Waals surface area contributed by atoms with Gasteiger partial charge in [-0.05, 0) is 36.4 Å². The number of alkyl halides is 5. The van der Waals surface area contributed by atoms with Crippen molar-refractivity contribution < 1.29 is 26.3 Å². The number of nitrogens with zero attached hydrogens (tertiary/aromatic N) is 5. The molecule has 3 aromatic heterocycles. The van der Waals surface area contributed by atoms with Gasteiger partial charge in [0.1, 0.15) is 11.5 Å². The third-order valence-corrected chi connectivity index (χ3v) is 4.35. The van der Waals surface area contributed by atoms with Gasteiger partial charge in [0.2, 0.25) is 0 Å². The maximum atomic E-state index is 13.3. The Kier molecular flexibility index (Phi) is 4.96. The van der Waals surface area contributed by atoms with Crippen molar-refractivity contribution in [3.63, 3.8) is 0 Å². The number of hydrogen-bond acceptors (Lipinski definition) is 3. The molecule has 0 saturated carbocycles. The van der Waals surface area contributed by atoms with Crippen LogP contribution in [-0.4, -0.2) is 36.8 Å². The van der Waals surface area contributed by atoms with Gasteiger partial charge in [0.15, 0.2) is 5.65 Å². The van der Waals surface area contributed by atoms with E-state index in [0.717, 1.165) is 15.3 Å². The molecule has 0 amide bonds. The van der Waals surface area contributed by atoms with Crippen molar-refractivity contribution in [2.24, 2.45) is 0 Å². The maximum Gasteiger partial charge on any atom is 0.394 e. The SMILES string of the molecule is Fc1ccc(-c2ncn(CC(F)F)c2-c2ccc3ncc(CC(F)(F)F)n3n2)cc1. The quantitative estimate of drug-likeness (QED) is 0.433. The molecule has 0 radical (unpaired) electrons. The molecule has 4 aromatic rings. The Bertz CT molecular complexity index is 1180. The molecule has 0 aliphatic heterocycles. The highest BCUT2D eigenvalue weighted by molar-refractivity contribution is 5.77. The number of hydrogen-bond donors (Lipinski definition) is 0. The molecule has 11 heteroatoms. The number of benzene rings is 1. The molecule has 0 spiro atoms. The predicted octanol–water partition coefficient (Wildman–Crippen LogP) is 4.77. The van der Waals surface area contributed by atoms with E-state index >= 15 is 0 Å². The summed E-state index contributed by atoms with van der Waals surface area (Å²) < 4.78 is 80.2. The van der Waals surface area contributed by atoms with Crippen LogP contribution in [0.15, 0.2) is 48.9 Å². The normalized spacial score (nSPS) is 12.2. The van der Waals surface area contributed by atoms with E-state index in [9.17, 15) is 26.3 Å². The molecule has 0 N–H and O–H groups in total. The van der Waals surface area contributed by atoms with E-state index in [-0.39, 0.29) is 28.4 Å². The van der Waals surface area contributed by atoms with Crippen LogP contribution in [0.4, 0.5) is 26.3 Å². The zero-order chi connectivity index (χ0) is 21.5. The Balaban J connectivity index is 1.87. The summed E-state index contributed by atoms with van der Waals surface area (Å²) in [6.07, 6.45) is -6.15. The van der Waals surface area contributed by atoms with E-state index in [0.29, 0.717) is 5.56 Å².